The lowest BCUT2D eigenvalue weighted by molar-refractivity contribution is -0.129. The van der Waals surface area contributed by atoms with Crippen LogP contribution >= 0.6 is 0 Å². The van der Waals surface area contributed by atoms with Gasteiger partial charge in [-0.3, -0.25) is 9.59 Å². The van der Waals surface area contributed by atoms with Crippen LogP contribution in [0, 0.1) is 11.8 Å². The number of nitrogens with one attached hydrogen (secondary N) is 2. The monoisotopic (exact) mass is 282 g/mol. The van der Waals surface area contributed by atoms with E-state index in [1.54, 1.807) is 0 Å². The molecule has 2 unspecified atom stereocenters. The van der Waals surface area contributed by atoms with E-state index in [1.165, 1.54) is 19.3 Å². The van der Waals surface area contributed by atoms with E-state index >= 15 is 0 Å². The Morgan fingerprint density at radius 1 is 1.30 bits per heavy atom. The highest BCUT2D eigenvalue weighted by molar-refractivity contribution is 5.83. The molecule has 0 aromatic carbocycles. The highest BCUT2D eigenvalue weighted by atomic mass is 16.3. The Morgan fingerprint density at radius 2 is 2.05 bits per heavy atom. The van der Waals surface area contributed by atoms with Crippen molar-refractivity contribution in [2.75, 3.05) is 13.2 Å². The Hall–Kier alpha value is -1.10. The first-order valence-corrected chi connectivity index (χ1v) is 7.88. The summed E-state index contributed by atoms with van der Waals surface area (Å²) in [5.74, 6) is 0.456. The third-order valence-electron chi connectivity index (χ3n) is 4.62. The van der Waals surface area contributed by atoms with E-state index in [0.717, 1.165) is 12.8 Å². The highest BCUT2D eigenvalue weighted by Gasteiger charge is 2.29. The Bertz CT molecular complexity index is 330. The van der Waals surface area contributed by atoms with E-state index in [2.05, 4.69) is 10.6 Å². The van der Waals surface area contributed by atoms with E-state index < -0.39 is 0 Å². The van der Waals surface area contributed by atoms with E-state index in [9.17, 15) is 14.7 Å². The molecule has 3 N–H and O–H groups in total. The molecule has 0 aromatic rings. The van der Waals surface area contributed by atoms with Crippen LogP contribution in [0.15, 0.2) is 0 Å². The second-order valence-electron chi connectivity index (χ2n) is 6.07. The fourth-order valence-electron chi connectivity index (χ4n) is 3.36. The van der Waals surface area contributed by atoms with Crippen LogP contribution in [0.5, 0.6) is 0 Å². The summed E-state index contributed by atoms with van der Waals surface area (Å²) >= 11 is 0. The number of piperidine rings is 1. The van der Waals surface area contributed by atoms with Crippen LogP contribution in [0.2, 0.25) is 0 Å². The van der Waals surface area contributed by atoms with Crippen molar-refractivity contribution in [1.82, 2.24) is 10.6 Å². The van der Waals surface area contributed by atoms with Crippen molar-refractivity contribution in [2.24, 2.45) is 11.8 Å². The first-order valence-electron chi connectivity index (χ1n) is 7.88. The van der Waals surface area contributed by atoms with Gasteiger partial charge < -0.3 is 15.7 Å². The second kappa shape index (κ2) is 7.62. The first-order chi connectivity index (χ1) is 9.70. The maximum atomic E-state index is 12.3. The van der Waals surface area contributed by atoms with Crippen molar-refractivity contribution in [2.45, 2.75) is 57.4 Å². The molecule has 0 radical (unpaired) electrons. The zero-order valence-electron chi connectivity index (χ0n) is 12.1. The van der Waals surface area contributed by atoms with Gasteiger partial charge in [0.05, 0.1) is 5.92 Å². The van der Waals surface area contributed by atoms with Gasteiger partial charge in [0, 0.05) is 25.6 Å². The van der Waals surface area contributed by atoms with Crippen molar-refractivity contribution in [3.05, 3.63) is 0 Å². The van der Waals surface area contributed by atoms with Gasteiger partial charge in [-0.15, -0.1) is 0 Å². The third kappa shape index (κ3) is 4.20. The van der Waals surface area contributed by atoms with Gasteiger partial charge in [-0.1, -0.05) is 19.3 Å². The minimum absolute atomic E-state index is 0.0354. The first kappa shape index (κ1) is 15.3. The molecule has 2 aliphatic rings. The number of carbonyl (C=O) groups is 2. The largest absolute Gasteiger partial charge is 0.396 e. The molecule has 1 aliphatic heterocycles. The van der Waals surface area contributed by atoms with Crippen LogP contribution in [-0.4, -0.2) is 36.1 Å². The van der Waals surface area contributed by atoms with Crippen LogP contribution in [0.4, 0.5) is 0 Å². The zero-order chi connectivity index (χ0) is 14.4. The standard InChI is InChI=1S/C15H26N2O3/c18-9-8-13(11-4-2-1-3-5-11)17-15(20)12-6-7-14(19)16-10-12/h11-13,18H,1-10H2,(H,16,19)(H,17,20). The summed E-state index contributed by atoms with van der Waals surface area (Å²) in [6.07, 6.45) is 7.73. The lowest BCUT2D eigenvalue weighted by Crippen LogP contribution is -2.48. The molecule has 0 bridgehead atoms. The van der Waals surface area contributed by atoms with E-state index in [0.29, 0.717) is 31.7 Å². The Morgan fingerprint density at radius 3 is 2.65 bits per heavy atom. The fraction of sp³-hybridized carbons (Fsp3) is 0.867. The lowest BCUT2D eigenvalue weighted by Gasteiger charge is -2.32. The number of carbonyl (C=O) groups excluding carboxylic acids is 2. The number of aliphatic hydroxyl groups is 1. The van der Waals surface area contributed by atoms with Gasteiger partial charge in [0.15, 0.2) is 0 Å². The van der Waals surface area contributed by atoms with Crippen LogP contribution in [0.1, 0.15) is 51.4 Å². The molecular weight excluding hydrogens is 256 g/mol. The summed E-state index contributed by atoms with van der Waals surface area (Å²) in [7, 11) is 0. The fourth-order valence-corrected chi connectivity index (χ4v) is 3.36. The lowest BCUT2D eigenvalue weighted by atomic mass is 9.82. The zero-order valence-corrected chi connectivity index (χ0v) is 12.1. The average molecular weight is 282 g/mol. The van der Waals surface area contributed by atoms with Crippen LogP contribution in [-0.2, 0) is 9.59 Å². The Labute approximate surface area is 120 Å². The number of amides is 2. The van der Waals surface area contributed by atoms with Crippen molar-refractivity contribution in [3.8, 4) is 0 Å². The van der Waals surface area contributed by atoms with Crippen LogP contribution < -0.4 is 10.6 Å². The normalized spacial score (nSPS) is 25.9. The smallest absolute Gasteiger partial charge is 0.225 e. The van der Waals surface area contributed by atoms with E-state index in [-0.39, 0.29) is 30.4 Å². The number of aliphatic hydroxyl groups excluding tert-OH is 1. The van der Waals surface area contributed by atoms with E-state index in [4.69, 9.17) is 0 Å². The van der Waals surface area contributed by atoms with Crippen molar-refractivity contribution in [3.63, 3.8) is 0 Å². The van der Waals surface area contributed by atoms with Gasteiger partial charge in [0.25, 0.3) is 0 Å². The number of rotatable bonds is 5. The summed E-state index contributed by atoms with van der Waals surface area (Å²) in [6.45, 7) is 0.560. The van der Waals surface area contributed by atoms with Gasteiger partial charge in [-0.25, -0.2) is 0 Å². The minimum atomic E-state index is -0.113. The summed E-state index contributed by atoms with van der Waals surface area (Å²) < 4.78 is 0. The van der Waals surface area contributed by atoms with Crippen LogP contribution in [0.3, 0.4) is 0 Å². The predicted octanol–water partition coefficient (Wildman–Crippen LogP) is 0.960. The van der Waals surface area contributed by atoms with Crippen molar-refractivity contribution >= 4 is 11.8 Å². The summed E-state index contributed by atoms with van der Waals surface area (Å²) in [6, 6.07) is 0.0884. The van der Waals surface area contributed by atoms with E-state index in [1.807, 2.05) is 0 Å². The molecular formula is C15H26N2O3. The Balaban J connectivity index is 1.86. The average Bonchev–Trinajstić information content (AvgIpc) is 2.48. The molecule has 2 fully saturated rings. The molecule has 1 aliphatic carbocycles. The maximum absolute atomic E-state index is 12.3. The molecule has 114 valence electrons. The minimum Gasteiger partial charge on any atom is -0.396 e. The topological polar surface area (TPSA) is 78.4 Å². The molecule has 0 spiro atoms. The molecule has 2 atom stereocenters. The Kier molecular flexibility index (Phi) is 5.83. The molecule has 20 heavy (non-hydrogen) atoms. The molecule has 1 heterocycles. The summed E-state index contributed by atoms with van der Waals surface area (Å²) in [5, 5.41) is 15.1. The quantitative estimate of drug-likeness (QED) is 0.703. The van der Waals surface area contributed by atoms with Crippen molar-refractivity contribution < 1.29 is 14.7 Å². The number of hydrogen-bond acceptors (Lipinski definition) is 3. The van der Waals surface area contributed by atoms with Gasteiger partial charge in [0.1, 0.15) is 0 Å². The molecule has 0 aromatic heterocycles. The molecule has 5 nitrogen and oxygen atoms in total. The predicted molar refractivity (Wildman–Crippen MR) is 75.9 cm³/mol. The molecule has 2 rings (SSSR count). The second-order valence-corrected chi connectivity index (χ2v) is 6.07. The molecule has 1 saturated heterocycles. The molecule has 5 heteroatoms. The van der Waals surface area contributed by atoms with Gasteiger partial charge in [0.2, 0.25) is 11.8 Å². The van der Waals surface area contributed by atoms with Crippen molar-refractivity contribution in [1.29, 1.82) is 0 Å². The summed E-state index contributed by atoms with van der Waals surface area (Å²) in [4.78, 5) is 23.4. The van der Waals surface area contributed by atoms with Crippen LogP contribution in [0.25, 0.3) is 0 Å². The highest BCUT2D eigenvalue weighted by Crippen LogP contribution is 2.28. The van der Waals surface area contributed by atoms with Gasteiger partial charge in [-0.2, -0.15) is 0 Å². The SMILES string of the molecule is O=C1CCC(C(=O)NC(CCO)C2CCCCC2)CN1. The summed E-state index contributed by atoms with van der Waals surface area (Å²) in [5.41, 5.74) is 0. The number of hydrogen-bond donors (Lipinski definition) is 3. The van der Waals surface area contributed by atoms with Gasteiger partial charge >= 0.3 is 0 Å². The molecule has 1 saturated carbocycles. The maximum Gasteiger partial charge on any atom is 0.225 e. The molecule has 2 amide bonds. The third-order valence-corrected chi connectivity index (χ3v) is 4.62. The van der Waals surface area contributed by atoms with Gasteiger partial charge in [-0.05, 0) is 31.6 Å².